The molecule has 0 unspecified atom stereocenters. The van der Waals surface area contributed by atoms with Crippen molar-refractivity contribution in [2.75, 3.05) is 0 Å². The minimum atomic E-state index is -0.494. The molecule has 2 aromatic rings. The molecule has 108 valence electrons. The van der Waals surface area contributed by atoms with Crippen LogP contribution in [0.5, 0.6) is 0 Å². The molecule has 0 atom stereocenters. The van der Waals surface area contributed by atoms with E-state index in [0.717, 1.165) is 0 Å². The summed E-state index contributed by atoms with van der Waals surface area (Å²) in [6, 6.07) is 10.6. The third kappa shape index (κ3) is 4.38. The predicted octanol–water partition coefficient (Wildman–Crippen LogP) is 1.53. The van der Waals surface area contributed by atoms with E-state index in [4.69, 9.17) is 0 Å². The number of hydrogen-bond donors (Lipinski definition) is 2. The zero-order chi connectivity index (χ0) is 15.2. The van der Waals surface area contributed by atoms with Gasteiger partial charge in [-0.2, -0.15) is 0 Å². The summed E-state index contributed by atoms with van der Waals surface area (Å²) in [5, 5.41) is 0. The molecule has 0 aliphatic heterocycles. The fourth-order valence-corrected chi connectivity index (χ4v) is 1.69. The van der Waals surface area contributed by atoms with Gasteiger partial charge in [-0.05, 0) is 36.8 Å². The van der Waals surface area contributed by atoms with E-state index in [1.54, 1.807) is 25.1 Å². The second kappa shape index (κ2) is 6.60. The molecule has 0 spiro atoms. The highest BCUT2D eigenvalue weighted by Crippen LogP contribution is 2.03. The number of aryl methyl sites for hydroxylation is 1. The smallest absolute Gasteiger partial charge is 0.273 e. The molecule has 0 aliphatic rings. The van der Waals surface area contributed by atoms with Gasteiger partial charge in [0, 0.05) is 5.69 Å². The number of halogens is 1. The summed E-state index contributed by atoms with van der Waals surface area (Å²) in [5.41, 5.74) is 6.15. The van der Waals surface area contributed by atoms with Crippen molar-refractivity contribution in [2.24, 2.45) is 0 Å². The lowest BCUT2D eigenvalue weighted by molar-refractivity contribution is -0.121. The van der Waals surface area contributed by atoms with Crippen molar-refractivity contribution in [1.29, 1.82) is 0 Å². The molecule has 0 fully saturated rings. The molecule has 1 heterocycles. The van der Waals surface area contributed by atoms with Gasteiger partial charge in [0.05, 0.1) is 6.42 Å². The Labute approximate surface area is 121 Å². The molecule has 1 aromatic carbocycles. The summed E-state index contributed by atoms with van der Waals surface area (Å²) in [6.45, 7) is 1.77. The van der Waals surface area contributed by atoms with Crippen molar-refractivity contribution in [3.8, 4) is 0 Å². The Bertz CT molecular complexity index is 656. The number of rotatable bonds is 3. The van der Waals surface area contributed by atoms with Crippen molar-refractivity contribution < 1.29 is 14.0 Å². The molecule has 0 saturated carbocycles. The summed E-state index contributed by atoms with van der Waals surface area (Å²) < 4.78 is 12.7. The van der Waals surface area contributed by atoms with E-state index in [-0.39, 0.29) is 17.9 Å². The number of amides is 2. The van der Waals surface area contributed by atoms with Gasteiger partial charge in [0.15, 0.2) is 0 Å². The Morgan fingerprint density at radius 3 is 2.48 bits per heavy atom. The Balaban J connectivity index is 1.86. The van der Waals surface area contributed by atoms with E-state index in [1.807, 2.05) is 0 Å². The predicted molar refractivity (Wildman–Crippen MR) is 74.7 cm³/mol. The first-order chi connectivity index (χ1) is 10.0. The van der Waals surface area contributed by atoms with Gasteiger partial charge in [0.2, 0.25) is 5.91 Å². The van der Waals surface area contributed by atoms with Crippen molar-refractivity contribution in [3.63, 3.8) is 0 Å². The number of benzene rings is 1. The van der Waals surface area contributed by atoms with Gasteiger partial charge in [-0.15, -0.1) is 0 Å². The maximum atomic E-state index is 12.7. The van der Waals surface area contributed by atoms with Crippen LogP contribution in [0.3, 0.4) is 0 Å². The lowest BCUT2D eigenvalue weighted by Crippen LogP contribution is -2.42. The molecule has 2 rings (SSSR count). The van der Waals surface area contributed by atoms with Crippen LogP contribution in [0.1, 0.15) is 21.7 Å². The van der Waals surface area contributed by atoms with Crippen LogP contribution in [0.4, 0.5) is 4.39 Å². The summed E-state index contributed by atoms with van der Waals surface area (Å²) in [6.07, 6.45) is 0.0435. The first-order valence-corrected chi connectivity index (χ1v) is 6.32. The Morgan fingerprint density at radius 1 is 1.10 bits per heavy atom. The molecule has 0 radical (unpaired) electrons. The second-order valence-electron chi connectivity index (χ2n) is 4.47. The monoisotopic (exact) mass is 287 g/mol. The zero-order valence-electron chi connectivity index (χ0n) is 11.4. The number of pyridine rings is 1. The molecule has 1 aromatic heterocycles. The van der Waals surface area contributed by atoms with Crippen molar-refractivity contribution in [1.82, 2.24) is 15.8 Å². The number of aromatic nitrogens is 1. The number of nitrogens with zero attached hydrogens (tertiary/aromatic N) is 1. The highest BCUT2D eigenvalue weighted by atomic mass is 19.1. The molecule has 2 N–H and O–H groups in total. The number of carbonyl (C=O) groups is 2. The number of nitrogens with one attached hydrogen (secondary N) is 2. The third-order valence-corrected chi connectivity index (χ3v) is 2.71. The summed E-state index contributed by atoms with van der Waals surface area (Å²) in [4.78, 5) is 27.5. The van der Waals surface area contributed by atoms with Gasteiger partial charge < -0.3 is 0 Å². The van der Waals surface area contributed by atoms with Gasteiger partial charge in [-0.25, -0.2) is 9.37 Å². The minimum absolute atomic E-state index is 0.0435. The summed E-state index contributed by atoms with van der Waals surface area (Å²) in [5.74, 6) is -1.26. The van der Waals surface area contributed by atoms with Gasteiger partial charge in [-0.1, -0.05) is 18.2 Å². The topological polar surface area (TPSA) is 71.1 Å². The van der Waals surface area contributed by atoms with Crippen LogP contribution in [0.2, 0.25) is 0 Å². The van der Waals surface area contributed by atoms with E-state index < -0.39 is 11.8 Å². The fourth-order valence-electron chi connectivity index (χ4n) is 1.69. The van der Waals surface area contributed by atoms with Gasteiger partial charge in [0.25, 0.3) is 5.91 Å². The van der Waals surface area contributed by atoms with Crippen LogP contribution in [0, 0.1) is 12.7 Å². The Kier molecular flexibility index (Phi) is 4.61. The van der Waals surface area contributed by atoms with Crippen molar-refractivity contribution in [2.45, 2.75) is 13.3 Å². The van der Waals surface area contributed by atoms with Crippen LogP contribution < -0.4 is 10.9 Å². The quantitative estimate of drug-likeness (QED) is 0.841. The fraction of sp³-hybridized carbons (Fsp3) is 0.133. The van der Waals surface area contributed by atoms with Crippen molar-refractivity contribution in [3.05, 3.63) is 65.2 Å². The SMILES string of the molecule is Cc1cccc(C(=O)NNC(=O)Cc2ccc(F)cc2)n1. The normalized spacial score (nSPS) is 10.0. The standard InChI is InChI=1S/C15H14FN3O2/c1-10-3-2-4-13(17-10)15(21)19-18-14(20)9-11-5-7-12(16)8-6-11/h2-8H,9H2,1H3,(H,18,20)(H,19,21). The van der Waals surface area contributed by atoms with E-state index in [2.05, 4.69) is 15.8 Å². The first-order valence-electron chi connectivity index (χ1n) is 6.32. The molecule has 0 aliphatic carbocycles. The van der Waals surface area contributed by atoms with Crippen LogP contribution >= 0.6 is 0 Å². The van der Waals surface area contributed by atoms with Crippen LogP contribution in [0.25, 0.3) is 0 Å². The average molecular weight is 287 g/mol. The summed E-state index contributed by atoms with van der Waals surface area (Å²) in [7, 11) is 0. The largest absolute Gasteiger partial charge is 0.288 e. The molecular weight excluding hydrogens is 273 g/mol. The average Bonchev–Trinajstić information content (AvgIpc) is 2.47. The third-order valence-electron chi connectivity index (χ3n) is 2.71. The van der Waals surface area contributed by atoms with Crippen molar-refractivity contribution >= 4 is 11.8 Å². The van der Waals surface area contributed by atoms with Crippen LogP contribution in [0.15, 0.2) is 42.5 Å². The van der Waals surface area contributed by atoms with Gasteiger partial charge in [0.1, 0.15) is 11.5 Å². The number of hydrazine groups is 1. The van der Waals surface area contributed by atoms with E-state index in [1.165, 1.54) is 24.3 Å². The molecular formula is C15H14FN3O2. The Hall–Kier alpha value is -2.76. The number of hydrogen-bond acceptors (Lipinski definition) is 3. The van der Waals surface area contributed by atoms with E-state index >= 15 is 0 Å². The second-order valence-corrected chi connectivity index (χ2v) is 4.47. The van der Waals surface area contributed by atoms with Gasteiger partial charge >= 0.3 is 0 Å². The molecule has 6 heteroatoms. The zero-order valence-corrected chi connectivity index (χ0v) is 11.4. The highest BCUT2D eigenvalue weighted by molar-refractivity contribution is 5.93. The summed E-state index contributed by atoms with van der Waals surface area (Å²) >= 11 is 0. The van der Waals surface area contributed by atoms with Crippen LogP contribution in [-0.4, -0.2) is 16.8 Å². The maximum absolute atomic E-state index is 12.7. The molecule has 5 nitrogen and oxygen atoms in total. The lowest BCUT2D eigenvalue weighted by Gasteiger charge is -2.07. The highest BCUT2D eigenvalue weighted by Gasteiger charge is 2.09. The van der Waals surface area contributed by atoms with E-state index in [9.17, 15) is 14.0 Å². The number of carbonyl (C=O) groups excluding carboxylic acids is 2. The first kappa shape index (κ1) is 14.6. The maximum Gasteiger partial charge on any atom is 0.288 e. The minimum Gasteiger partial charge on any atom is -0.273 e. The van der Waals surface area contributed by atoms with Crippen LogP contribution in [-0.2, 0) is 11.2 Å². The van der Waals surface area contributed by atoms with E-state index in [0.29, 0.717) is 11.3 Å². The lowest BCUT2D eigenvalue weighted by atomic mass is 10.1. The molecule has 2 amide bonds. The molecule has 21 heavy (non-hydrogen) atoms. The van der Waals surface area contributed by atoms with Gasteiger partial charge in [-0.3, -0.25) is 20.4 Å². The molecule has 0 saturated heterocycles. The molecule has 0 bridgehead atoms. The Morgan fingerprint density at radius 2 is 1.81 bits per heavy atom.